The fourth-order valence-corrected chi connectivity index (χ4v) is 6.41. The van der Waals surface area contributed by atoms with Crippen LogP contribution in [0, 0.1) is 0 Å². The van der Waals surface area contributed by atoms with Gasteiger partial charge in [0.25, 0.3) is 0 Å². The fourth-order valence-electron chi connectivity index (χ4n) is 1.50. The summed E-state index contributed by atoms with van der Waals surface area (Å²) in [4.78, 5) is 0. The second-order valence-electron chi connectivity index (χ2n) is 2.92. The molecule has 0 atom stereocenters. The van der Waals surface area contributed by atoms with Crippen molar-refractivity contribution in [1.29, 1.82) is 0 Å². The molecule has 1 saturated carbocycles. The molecule has 1 radical (unpaired) electrons. The van der Waals surface area contributed by atoms with E-state index in [1.807, 2.05) is 0 Å². The molecule has 0 heterocycles. The molecule has 1 rings (SSSR count). The molecule has 0 aromatic heterocycles. The van der Waals surface area contributed by atoms with Crippen LogP contribution in [0.2, 0.25) is 10.5 Å². The summed E-state index contributed by atoms with van der Waals surface area (Å²) < 4.78 is 1.14. The number of hydrogen-bond acceptors (Lipinski definition) is 0. The van der Waals surface area contributed by atoms with Crippen LogP contribution in [0.4, 0.5) is 0 Å². The van der Waals surface area contributed by atoms with Crippen LogP contribution in [0.25, 0.3) is 0 Å². The maximum atomic E-state index is 3.80. The van der Waals surface area contributed by atoms with Gasteiger partial charge in [0, 0.05) is 0 Å². The third-order valence-electron chi connectivity index (χ3n) is 2.17. The molecule has 0 aromatic rings. The molecule has 2 heteroatoms. The van der Waals surface area contributed by atoms with Crippen LogP contribution in [-0.4, -0.2) is 12.5 Å². The summed E-state index contributed by atoms with van der Waals surface area (Å²) in [5, 5.41) is 0. The Labute approximate surface area is 69.1 Å². The Balaban J connectivity index is 2.23. The minimum absolute atomic E-state index is 0.677. The van der Waals surface area contributed by atoms with Gasteiger partial charge in [0.15, 0.2) is 0 Å². The summed E-state index contributed by atoms with van der Waals surface area (Å²) in [5.74, 6) is 2.44. The van der Waals surface area contributed by atoms with Crippen molar-refractivity contribution in [2.45, 2.75) is 42.6 Å². The van der Waals surface area contributed by atoms with E-state index in [1.165, 1.54) is 32.1 Å². The molecule has 1 fully saturated rings. The average Bonchev–Trinajstić information content (AvgIpc) is 1.90. The predicted molar refractivity (Wildman–Crippen MR) is 47.4 cm³/mol. The van der Waals surface area contributed by atoms with Crippen molar-refractivity contribution >= 4 is 26.5 Å². The first-order chi connectivity index (χ1) is 4.30. The zero-order valence-electron chi connectivity index (χ0n) is 5.99. The first-order valence-corrected chi connectivity index (χ1v) is 12.0. The van der Waals surface area contributed by atoms with Crippen molar-refractivity contribution in [3.63, 3.8) is 0 Å². The van der Waals surface area contributed by atoms with Crippen LogP contribution in [0.3, 0.4) is 0 Å². The second-order valence-corrected chi connectivity index (χ2v) is 13.6. The van der Waals surface area contributed by atoms with E-state index in [-0.39, 0.29) is 0 Å². The van der Waals surface area contributed by atoms with E-state index >= 15 is 0 Å². The minimum atomic E-state index is -0.677. The van der Waals surface area contributed by atoms with Crippen molar-refractivity contribution in [2.75, 3.05) is 0 Å². The van der Waals surface area contributed by atoms with Gasteiger partial charge in [-0.1, -0.05) is 0 Å². The molecule has 0 bridgehead atoms. The summed E-state index contributed by atoms with van der Waals surface area (Å²) in [6, 6.07) is 0. The van der Waals surface area contributed by atoms with Gasteiger partial charge in [-0.3, -0.25) is 0 Å². The van der Waals surface area contributed by atoms with Gasteiger partial charge in [-0.15, -0.1) is 0 Å². The molecule has 0 amide bonds. The average molecular weight is 251 g/mol. The zero-order valence-corrected chi connectivity index (χ0v) is 9.67. The van der Waals surface area contributed by atoms with Crippen LogP contribution in [0.1, 0.15) is 32.1 Å². The molecule has 0 nitrogen and oxygen atoms in total. The van der Waals surface area contributed by atoms with Gasteiger partial charge in [-0.05, 0) is 0 Å². The molecule has 0 unspecified atom stereocenters. The van der Waals surface area contributed by atoms with E-state index in [0.717, 1.165) is 4.75 Å². The van der Waals surface area contributed by atoms with E-state index in [4.69, 9.17) is 0 Å². The first-order valence-electron chi connectivity index (χ1n) is 3.79. The second kappa shape index (κ2) is 4.02. The number of hydrogen-bond donors (Lipinski definition) is 0. The third kappa shape index (κ3) is 2.62. The third-order valence-corrected chi connectivity index (χ3v) is 9.10. The van der Waals surface area contributed by atoms with E-state index in [1.54, 1.807) is 0 Å². The van der Waals surface area contributed by atoms with Gasteiger partial charge in [0.05, 0.1) is 0 Å². The Morgan fingerprint density at radius 1 is 1.22 bits per heavy atom. The Kier molecular flexibility index (Phi) is 3.63. The zero-order chi connectivity index (χ0) is 6.69. The van der Waals surface area contributed by atoms with Gasteiger partial charge < -0.3 is 0 Å². The van der Waals surface area contributed by atoms with E-state index in [9.17, 15) is 0 Å². The van der Waals surface area contributed by atoms with E-state index < -0.39 is 12.5 Å². The van der Waals surface area contributed by atoms with Gasteiger partial charge in [0.2, 0.25) is 0 Å². The molecule has 0 spiro atoms. The van der Waals surface area contributed by atoms with Crippen molar-refractivity contribution in [3.8, 4) is 0 Å². The first kappa shape index (κ1) is 8.12. The van der Waals surface area contributed by atoms with Gasteiger partial charge in [0.1, 0.15) is 0 Å². The van der Waals surface area contributed by atoms with Crippen molar-refractivity contribution < 1.29 is 0 Å². The predicted octanol–water partition coefficient (Wildman–Crippen LogP) is 3.34. The normalized spacial score (nSPS) is 23.0. The van der Waals surface area contributed by atoms with Gasteiger partial charge in [-0.25, -0.2) is 0 Å². The standard InChI is InChI=1S/C7H14BrGe/c1-9(8)7-5-3-2-4-6-7/h7H,2-6H2,1H3. The molecule has 0 saturated heterocycles. The summed E-state index contributed by atoms with van der Waals surface area (Å²) in [7, 11) is 0. The molecule has 0 aromatic carbocycles. The van der Waals surface area contributed by atoms with Crippen LogP contribution in [-0.2, 0) is 0 Å². The quantitative estimate of drug-likeness (QED) is 0.626. The van der Waals surface area contributed by atoms with Crippen molar-refractivity contribution in [2.24, 2.45) is 0 Å². The Morgan fingerprint density at radius 2 is 1.78 bits per heavy atom. The molecule has 1 aliphatic carbocycles. The summed E-state index contributed by atoms with van der Waals surface area (Å²) in [5.41, 5.74) is 0. The van der Waals surface area contributed by atoms with E-state index in [0.29, 0.717) is 0 Å². The molecule has 9 heavy (non-hydrogen) atoms. The summed E-state index contributed by atoms with van der Waals surface area (Å²) >= 11 is 3.13. The monoisotopic (exact) mass is 251 g/mol. The molecule has 0 aliphatic heterocycles. The molecular formula is C7H14BrGe. The van der Waals surface area contributed by atoms with Gasteiger partial charge >= 0.3 is 69.1 Å². The van der Waals surface area contributed by atoms with Crippen LogP contribution < -0.4 is 0 Å². The van der Waals surface area contributed by atoms with Gasteiger partial charge in [-0.2, -0.15) is 0 Å². The SMILES string of the molecule is [CH3][Ge]([Br])[CH]1CCCCC1. The number of halogens is 1. The van der Waals surface area contributed by atoms with Crippen molar-refractivity contribution in [1.82, 2.24) is 0 Å². The topological polar surface area (TPSA) is 0 Å². The Bertz CT molecular complexity index is 77.0. The van der Waals surface area contributed by atoms with Crippen LogP contribution in [0.15, 0.2) is 0 Å². The Hall–Kier alpha value is 1.02. The number of rotatable bonds is 1. The van der Waals surface area contributed by atoms with Crippen LogP contribution >= 0.6 is 14.0 Å². The summed E-state index contributed by atoms with van der Waals surface area (Å²) in [6.07, 6.45) is 7.55. The van der Waals surface area contributed by atoms with Crippen LogP contribution in [0.5, 0.6) is 0 Å². The molecule has 0 N–H and O–H groups in total. The maximum absolute atomic E-state index is 3.80. The molecule has 1 aliphatic rings. The fraction of sp³-hybridized carbons (Fsp3) is 1.00. The Morgan fingerprint density at radius 3 is 2.11 bits per heavy atom. The molecular weight excluding hydrogens is 237 g/mol. The van der Waals surface area contributed by atoms with E-state index in [2.05, 4.69) is 19.8 Å². The van der Waals surface area contributed by atoms with Crippen molar-refractivity contribution in [3.05, 3.63) is 0 Å². The molecule has 53 valence electrons. The summed E-state index contributed by atoms with van der Waals surface area (Å²) in [6.45, 7) is 0.